The van der Waals surface area contributed by atoms with Gasteiger partial charge in [-0.05, 0) is 56.0 Å². The molecule has 0 bridgehead atoms. The number of ketones is 1. The highest BCUT2D eigenvalue weighted by molar-refractivity contribution is 5.99. The van der Waals surface area contributed by atoms with Crippen molar-refractivity contribution in [2.45, 2.75) is 46.1 Å². The summed E-state index contributed by atoms with van der Waals surface area (Å²) in [7, 11) is 0. The van der Waals surface area contributed by atoms with Crippen LogP contribution in [0.4, 0.5) is 4.39 Å². The monoisotopic (exact) mass is 421 g/mol. The third-order valence-corrected chi connectivity index (χ3v) is 5.65. The maximum absolute atomic E-state index is 13.1. The lowest BCUT2D eigenvalue weighted by Crippen LogP contribution is -2.20. The molecule has 1 aromatic heterocycles. The molecular weight excluding hydrogens is 393 g/mol. The van der Waals surface area contributed by atoms with Gasteiger partial charge >= 0.3 is 5.97 Å². The van der Waals surface area contributed by atoms with Crippen molar-refractivity contribution in [2.75, 3.05) is 6.61 Å². The normalized spacial score (nSPS) is 11.9. The molecule has 2 aromatic carbocycles. The summed E-state index contributed by atoms with van der Waals surface area (Å²) in [5, 5.41) is 0. The number of carbonyl (C=O) groups is 2. The highest BCUT2D eigenvalue weighted by Gasteiger charge is 2.22. The minimum Gasteiger partial charge on any atom is -0.457 e. The van der Waals surface area contributed by atoms with Gasteiger partial charge in [-0.15, -0.1) is 0 Å². The second-order valence-electron chi connectivity index (χ2n) is 7.72. The summed E-state index contributed by atoms with van der Waals surface area (Å²) >= 11 is 0. The van der Waals surface area contributed by atoms with Crippen LogP contribution >= 0.6 is 0 Å². The van der Waals surface area contributed by atoms with Crippen molar-refractivity contribution in [3.8, 4) is 0 Å². The SMILES string of the molecule is CC[C@H](C(=O)OCC(=O)c1cc(C)n(CCc2ccc(F)cc2)c1C)c1ccccc1. The molecule has 31 heavy (non-hydrogen) atoms. The van der Waals surface area contributed by atoms with Crippen LogP contribution in [0.1, 0.15) is 52.1 Å². The molecule has 0 fully saturated rings. The molecule has 1 atom stereocenters. The Bertz CT molecular complexity index is 1040. The van der Waals surface area contributed by atoms with Crippen molar-refractivity contribution in [1.82, 2.24) is 4.57 Å². The number of benzene rings is 2. The molecule has 0 aliphatic rings. The van der Waals surface area contributed by atoms with Crippen LogP contribution in [0, 0.1) is 19.7 Å². The molecule has 0 amide bonds. The van der Waals surface area contributed by atoms with Crippen molar-refractivity contribution < 1.29 is 18.7 Å². The van der Waals surface area contributed by atoms with Crippen LogP contribution in [0.25, 0.3) is 0 Å². The number of carbonyl (C=O) groups excluding carboxylic acids is 2. The summed E-state index contributed by atoms with van der Waals surface area (Å²) in [6.45, 7) is 6.18. The number of esters is 1. The standard InChI is InChI=1S/C26H28FNO3/c1-4-23(21-8-6-5-7-9-21)26(30)31-17-25(29)24-16-18(2)28(19(24)3)15-14-20-10-12-22(27)13-11-20/h5-13,16,23H,4,14-15,17H2,1-3H3/t23-/m0/s1. The van der Waals surface area contributed by atoms with Crippen LogP contribution in [0.2, 0.25) is 0 Å². The average Bonchev–Trinajstić information content (AvgIpc) is 3.06. The highest BCUT2D eigenvalue weighted by atomic mass is 19.1. The van der Waals surface area contributed by atoms with Gasteiger partial charge in [0.2, 0.25) is 5.78 Å². The minimum atomic E-state index is -0.382. The maximum Gasteiger partial charge on any atom is 0.313 e. The lowest BCUT2D eigenvalue weighted by atomic mass is 9.97. The molecule has 3 aromatic rings. The van der Waals surface area contributed by atoms with Crippen LogP contribution < -0.4 is 0 Å². The van der Waals surface area contributed by atoms with E-state index in [-0.39, 0.29) is 30.1 Å². The lowest BCUT2D eigenvalue weighted by Gasteiger charge is -2.14. The molecule has 0 unspecified atom stereocenters. The molecular formula is C26H28FNO3. The summed E-state index contributed by atoms with van der Waals surface area (Å²) in [6, 6.07) is 17.7. The average molecular weight is 422 g/mol. The highest BCUT2D eigenvalue weighted by Crippen LogP contribution is 2.22. The Morgan fingerprint density at radius 1 is 1.03 bits per heavy atom. The summed E-state index contributed by atoms with van der Waals surface area (Å²) < 4.78 is 20.5. The molecule has 4 nitrogen and oxygen atoms in total. The van der Waals surface area contributed by atoms with E-state index in [0.29, 0.717) is 18.5 Å². The fourth-order valence-electron chi connectivity index (χ4n) is 3.86. The van der Waals surface area contributed by atoms with E-state index in [1.165, 1.54) is 12.1 Å². The maximum atomic E-state index is 13.1. The van der Waals surface area contributed by atoms with E-state index < -0.39 is 0 Å². The van der Waals surface area contributed by atoms with Gasteiger partial charge in [-0.2, -0.15) is 0 Å². The third-order valence-electron chi connectivity index (χ3n) is 5.65. The molecule has 1 heterocycles. The molecule has 162 valence electrons. The van der Waals surface area contributed by atoms with E-state index in [1.807, 2.05) is 57.2 Å². The van der Waals surface area contributed by atoms with Gasteiger partial charge in [-0.25, -0.2) is 4.39 Å². The lowest BCUT2D eigenvalue weighted by molar-refractivity contribution is -0.144. The van der Waals surface area contributed by atoms with Crippen molar-refractivity contribution >= 4 is 11.8 Å². The number of aromatic nitrogens is 1. The number of hydrogen-bond acceptors (Lipinski definition) is 3. The second kappa shape index (κ2) is 10.2. The molecule has 3 rings (SSSR count). The third kappa shape index (κ3) is 5.48. The van der Waals surface area contributed by atoms with Crippen molar-refractivity contribution in [2.24, 2.45) is 0 Å². The minimum absolute atomic E-state index is 0.211. The molecule has 0 spiro atoms. The van der Waals surface area contributed by atoms with E-state index in [2.05, 4.69) is 4.57 Å². The number of aryl methyl sites for hydroxylation is 2. The number of hydrogen-bond donors (Lipinski definition) is 0. The Balaban J connectivity index is 1.63. The number of Topliss-reactive ketones (excluding diaryl/α,β-unsaturated/α-hetero) is 1. The fraction of sp³-hybridized carbons (Fsp3) is 0.308. The predicted octanol–water partition coefficient (Wildman–Crippen LogP) is 5.41. The molecule has 5 heteroatoms. The zero-order valence-electron chi connectivity index (χ0n) is 18.2. The molecule has 0 N–H and O–H groups in total. The van der Waals surface area contributed by atoms with Crippen molar-refractivity contribution in [3.05, 3.63) is 94.6 Å². The zero-order chi connectivity index (χ0) is 22.4. The fourth-order valence-corrected chi connectivity index (χ4v) is 3.86. The van der Waals surface area contributed by atoms with E-state index in [0.717, 1.165) is 28.9 Å². The summed E-state index contributed by atoms with van der Waals surface area (Å²) in [5.74, 6) is -1.22. The first-order valence-electron chi connectivity index (χ1n) is 10.6. The number of ether oxygens (including phenoxy) is 1. The van der Waals surface area contributed by atoms with Gasteiger partial charge in [0.1, 0.15) is 5.82 Å². The largest absolute Gasteiger partial charge is 0.457 e. The quantitative estimate of drug-likeness (QED) is 0.343. The van der Waals surface area contributed by atoms with Gasteiger partial charge in [-0.3, -0.25) is 9.59 Å². The predicted molar refractivity (Wildman–Crippen MR) is 119 cm³/mol. The zero-order valence-corrected chi connectivity index (χ0v) is 18.2. The van der Waals surface area contributed by atoms with Gasteiger partial charge in [0.15, 0.2) is 6.61 Å². The summed E-state index contributed by atoms with van der Waals surface area (Å²) in [6.07, 6.45) is 1.34. The van der Waals surface area contributed by atoms with Crippen molar-refractivity contribution in [1.29, 1.82) is 0 Å². The van der Waals surface area contributed by atoms with E-state index in [9.17, 15) is 14.0 Å². The Kier molecular flexibility index (Phi) is 7.40. The molecule has 0 saturated heterocycles. The van der Waals surface area contributed by atoms with E-state index in [4.69, 9.17) is 4.74 Å². The van der Waals surface area contributed by atoms with Gasteiger partial charge in [0.25, 0.3) is 0 Å². The van der Waals surface area contributed by atoms with Crippen LogP contribution in [-0.4, -0.2) is 22.9 Å². The number of nitrogens with zero attached hydrogens (tertiary/aromatic N) is 1. The van der Waals surface area contributed by atoms with Crippen LogP contribution in [0.15, 0.2) is 60.7 Å². The molecule has 0 radical (unpaired) electrons. The van der Waals surface area contributed by atoms with Gasteiger partial charge < -0.3 is 9.30 Å². The van der Waals surface area contributed by atoms with Crippen LogP contribution in [0.3, 0.4) is 0 Å². The van der Waals surface area contributed by atoms with Crippen LogP contribution in [0.5, 0.6) is 0 Å². The summed E-state index contributed by atoms with van der Waals surface area (Å²) in [5.41, 5.74) is 4.29. The van der Waals surface area contributed by atoms with Gasteiger partial charge in [0, 0.05) is 23.5 Å². The van der Waals surface area contributed by atoms with E-state index >= 15 is 0 Å². The molecule has 0 aliphatic carbocycles. The second-order valence-corrected chi connectivity index (χ2v) is 7.72. The first kappa shape index (κ1) is 22.5. The molecule has 0 aliphatic heterocycles. The Labute approximate surface area is 182 Å². The first-order valence-corrected chi connectivity index (χ1v) is 10.6. The first-order chi connectivity index (χ1) is 14.9. The Morgan fingerprint density at radius 2 is 1.71 bits per heavy atom. The van der Waals surface area contributed by atoms with Crippen LogP contribution in [-0.2, 0) is 22.5 Å². The smallest absolute Gasteiger partial charge is 0.313 e. The van der Waals surface area contributed by atoms with E-state index in [1.54, 1.807) is 12.1 Å². The summed E-state index contributed by atoms with van der Waals surface area (Å²) in [4.78, 5) is 25.3. The number of halogens is 1. The Morgan fingerprint density at radius 3 is 2.35 bits per heavy atom. The van der Waals surface area contributed by atoms with Gasteiger partial charge in [0.05, 0.1) is 5.92 Å². The topological polar surface area (TPSA) is 48.3 Å². The molecule has 0 saturated carbocycles. The van der Waals surface area contributed by atoms with Crippen molar-refractivity contribution in [3.63, 3.8) is 0 Å². The number of rotatable bonds is 9. The van der Waals surface area contributed by atoms with Gasteiger partial charge in [-0.1, -0.05) is 49.4 Å². The Hall–Kier alpha value is -3.21.